The van der Waals surface area contributed by atoms with Crippen LogP contribution in [0, 0.1) is 13.8 Å². The highest BCUT2D eigenvalue weighted by molar-refractivity contribution is 7.89. The first-order valence-corrected chi connectivity index (χ1v) is 8.40. The molecule has 116 valence electrons. The molecule has 0 N–H and O–H groups in total. The van der Waals surface area contributed by atoms with Crippen LogP contribution in [0.3, 0.4) is 0 Å². The van der Waals surface area contributed by atoms with Gasteiger partial charge in [-0.3, -0.25) is 0 Å². The number of rotatable bonds is 7. The number of hydrogen-bond donors (Lipinski definition) is 0. The van der Waals surface area contributed by atoms with E-state index in [1.165, 1.54) is 4.31 Å². The molecule has 0 saturated heterocycles. The number of hydrogen-bond acceptors (Lipinski definition) is 4. The van der Waals surface area contributed by atoms with E-state index in [0.29, 0.717) is 30.2 Å². The summed E-state index contributed by atoms with van der Waals surface area (Å²) in [6.07, 6.45) is 0. The predicted molar refractivity (Wildman–Crippen MR) is 78.6 cm³/mol. The maximum atomic E-state index is 12.8. The molecule has 5 nitrogen and oxygen atoms in total. The van der Waals surface area contributed by atoms with Gasteiger partial charge < -0.3 is 9.15 Å². The molecule has 1 aromatic heterocycles. The number of alkyl halides is 1. The van der Waals surface area contributed by atoms with Crippen LogP contribution in [0.15, 0.2) is 9.31 Å². The zero-order valence-corrected chi connectivity index (χ0v) is 14.1. The quantitative estimate of drug-likeness (QED) is 0.724. The molecule has 0 aliphatic carbocycles. The molecule has 0 aromatic carbocycles. The SMILES string of the molecule is COCCN(C(C)C)S(=O)(=O)c1c(C)oc(C)c1CCl. The van der Waals surface area contributed by atoms with Crippen molar-refractivity contribution in [1.29, 1.82) is 0 Å². The number of aryl methyl sites for hydroxylation is 2. The summed E-state index contributed by atoms with van der Waals surface area (Å²) in [5, 5.41) is 0. The lowest BCUT2D eigenvalue weighted by Crippen LogP contribution is -2.39. The maximum Gasteiger partial charge on any atom is 0.247 e. The second-order valence-corrected chi connectivity index (χ2v) is 6.95. The van der Waals surface area contributed by atoms with Gasteiger partial charge in [0.25, 0.3) is 0 Å². The Morgan fingerprint density at radius 2 is 1.90 bits per heavy atom. The first-order chi connectivity index (χ1) is 9.27. The topological polar surface area (TPSA) is 59.8 Å². The van der Waals surface area contributed by atoms with Gasteiger partial charge >= 0.3 is 0 Å². The van der Waals surface area contributed by atoms with Gasteiger partial charge in [-0.25, -0.2) is 8.42 Å². The summed E-state index contributed by atoms with van der Waals surface area (Å²) in [5.74, 6) is 1.03. The van der Waals surface area contributed by atoms with Crippen molar-refractivity contribution >= 4 is 21.6 Å². The van der Waals surface area contributed by atoms with Gasteiger partial charge in [-0.15, -0.1) is 11.6 Å². The Labute approximate surface area is 125 Å². The van der Waals surface area contributed by atoms with Gasteiger partial charge in [-0.05, 0) is 27.7 Å². The Bertz CT molecular complexity index is 551. The zero-order valence-electron chi connectivity index (χ0n) is 12.6. The molecule has 0 bridgehead atoms. The molecule has 1 rings (SSSR count). The lowest BCUT2D eigenvalue weighted by Gasteiger charge is -2.25. The minimum atomic E-state index is -3.65. The molecule has 0 saturated carbocycles. The number of sulfonamides is 1. The Kier molecular flexibility index (Phi) is 6.06. The summed E-state index contributed by atoms with van der Waals surface area (Å²) in [5.41, 5.74) is 0.534. The monoisotopic (exact) mass is 323 g/mol. The van der Waals surface area contributed by atoms with Crippen molar-refractivity contribution in [1.82, 2.24) is 4.31 Å². The highest BCUT2D eigenvalue weighted by atomic mass is 35.5. The second kappa shape index (κ2) is 6.93. The van der Waals surface area contributed by atoms with Crippen LogP contribution in [0.4, 0.5) is 0 Å². The van der Waals surface area contributed by atoms with Crippen molar-refractivity contribution < 1.29 is 17.6 Å². The summed E-state index contributed by atoms with van der Waals surface area (Å²) in [4.78, 5) is 0.190. The van der Waals surface area contributed by atoms with Crippen LogP contribution in [0.25, 0.3) is 0 Å². The number of methoxy groups -OCH3 is 1. The third kappa shape index (κ3) is 3.36. The van der Waals surface area contributed by atoms with Gasteiger partial charge in [0.1, 0.15) is 16.4 Å². The number of halogens is 1. The molecule has 0 aliphatic rings. The first-order valence-electron chi connectivity index (χ1n) is 6.43. The summed E-state index contributed by atoms with van der Waals surface area (Å²) >= 11 is 5.88. The molecule has 20 heavy (non-hydrogen) atoms. The summed E-state index contributed by atoms with van der Waals surface area (Å²) < 4.78 is 37.5. The van der Waals surface area contributed by atoms with Crippen molar-refractivity contribution in [3.05, 3.63) is 17.1 Å². The van der Waals surface area contributed by atoms with Gasteiger partial charge in [0.05, 0.1) is 12.5 Å². The van der Waals surface area contributed by atoms with Crippen molar-refractivity contribution in [3.63, 3.8) is 0 Å². The molecule has 0 radical (unpaired) electrons. The Balaban J connectivity index is 3.33. The smallest absolute Gasteiger partial charge is 0.247 e. The van der Waals surface area contributed by atoms with Gasteiger partial charge in [-0.2, -0.15) is 4.31 Å². The Hall–Kier alpha value is -0.560. The number of furan rings is 1. The highest BCUT2D eigenvalue weighted by Gasteiger charge is 2.33. The fraction of sp³-hybridized carbons (Fsp3) is 0.692. The van der Waals surface area contributed by atoms with E-state index in [-0.39, 0.29) is 16.8 Å². The largest absolute Gasteiger partial charge is 0.465 e. The maximum absolute atomic E-state index is 12.8. The van der Waals surface area contributed by atoms with Gasteiger partial charge in [-0.1, -0.05) is 0 Å². The van der Waals surface area contributed by atoms with Crippen molar-refractivity contribution in [3.8, 4) is 0 Å². The number of nitrogens with zero attached hydrogens (tertiary/aromatic N) is 1. The fourth-order valence-electron chi connectivity index (χ4n) is 2.16. The van der Waals surface area contributed by atoms with Crippen LogP contribution in [0.1, 0.15) is 30.9 Å². The molecule has 7 heteroatoms. The Morgan fingerprint density at radius 1 is 1.30 bits per heavy atom. The van der Waals surface area contributed by atoms with E-state index in [4.69, 9.17) is 20.8 Å². The summed E-state index contributed by atoms with van der Waals surface area (Å²) in [6.45, 7) is 7.65. The summed E-state index contributed by atoms with van der Waals surface area (Å²) in [6, 6.07) is -0.173. The van der Waals surface area contributed by atoms with Crippen LogP contribution in [-0.2, 0) is 20.6 Å². The third-order valence-electron chi connectivity index (χ3n) is 3.12. The van der Waals surface area contributed by atoms with Gasteiger partial charge in [0, 0.05) is 25.3 Å². The Morgan fingerprint density at radius 3 is 2.35 bits per heavy atom. The summed E-state index contributed by atoms with van der Waals surface area (Å²) in [7, 11) is -2.11. The lowest BCUT2D eigenvalue weighted by molar-refractivity contribution is 0.171. The molecular formula is C13H22ClNO4S. The molecule has 0 aliphatic heterocycles. The highest BCUT2D eigenvalue weighted by Crippen LogP contribution is 2.31. The minimum Gasteiger partial charge on any atom is -0.465 e. The first kappa shape index (κ1) is 17.5. The zero-order chi connectivity index (χ0) is 15.5. The fourth-order valence-corrected chi connectivity index (χ4v) is 4.59. The van der Waals surface area contributed by atoms with Crippen LogP contribution >= 0.6 is 11.6 Å². The van der Waals surface area contributed by atoms with Gasteiger partial charge in [0.2, 0.25) is 10.0 Å². The molecular weight excluding hydrogens is 302 g/mol. The minimum absolute atomic E-state index is 0.105. The molecule has 0 spiro atoms. The third-order valence-corrected chi connectivity index (χ3v) is 5.66. The standard InChI is InChI=1S/C13H22ClNO4S/c1-9(2)15(6-7-18-5)20(16,17)13-11(4)19-10(3)12(13)8-14/h9H,6-8H2,1-5H3. The molecule has 1 heterocycles. The molecule has 0 amide bonds. The molecule has 1 aromatic rings. The van der Waals surface area contributed by atoms with E-state index >= 15 is 0 Å². The van der Waals surface area contributed by atoms with E-state index in [9.17, 15) is 8.42 Å². The van der Waals surface area contributed by atoms with E-state index < -0.39 is 10.0 Å². The molecule has 0 atom stereocenters. The van der Waals surface area contributed by atoms with Crippen LogP contribution < -0.4 is 0 Å². The van der Waals surface area contributed by atoms with Crippen LogP contribution in [-0.4, -0.2) is 39.0 Å². The molecule has 0 unspecified atom stereocenters. The van der Waals surface area contributed by atoms with E-state index in [1.807, 2.05) is 13.8 Å². The van der Waals surface area contributed by atoms with Crippen molar-refractivity contribution in [2.45, 2.75) is 44.5 Å². The number of ether oxygens (including phenoxy) is 1. The van der Waals surface area contributed by atoms with Crippen molar-refractivity contribution in [2.75, 3.05) is 20.3 Å². The van der Waals surface area contributed by atoms with Crippen LogP contribution in [0.2, 0.25) is 0 Å². The average Bonchev–Trinajstić information content (AvgIpc) is 2.63. The second-order valence-electron chi connectivity index (χ2n) is 4.86. The predicted octanol–water partition coefficient (Wildman–Crippen LogP) is 2.68. The van der Waals surface area contributed by atoms with Crippen molar-refractivity contribution in [2.24, 2.45) is 0 Å². The van der Waals surface area contributed by atoms with E-state index in [0.717, 1.165) is 0 Å². The van der Waals surface area contributed by atoms with Crippen LogP contribution in [0.5, 0.6) is 0 Å². The average molecular weight is 324 g/mol. The van der Waals surface area contributed by atoms with Gasteiger partial charge in [0.15, 0.2) is 0 Å². The lowest BCUT2D eigenvalue weighted by atomic mass is 10.3. The van der Waals surface area contributed by atoms with E-state index in [1.54, 1.807) is 21.0 Å². The normalized spacial score (nSPS) is 12.6. The molecule has 0 fully saturated rings. The van der Waals surface area contributed by atoms with E-state index in [2.05, 4.69) is 0 Å².